The van der Waals surface area contributed by atoms with Gasteiger partial charge in [0.15, 0.2) is 5.82 Å². The molecule has 2 heterocycles. The minimum absolute atomic E-state index is 0.00615. The number of piperidine rings is 1. The summed E-state index contributed by atoms with van der Waals surface area (Å²) in [6, 6.07) is -1.69. The van der Waals surface area contributed by atoms with E-state index < -0.39 is 12.2 Å². The van der Waals surface area contributed by atoms with Crippen LogP contribution in [-0.2, 0) is 11.2 Å². The normalized spacial score (nSPS) is 23.5. The lowest BCUT2D eigenvalue weighted by Crippen LogP contribution is -2.54. The van der Waals surface area contributed by atoms with Gasteiger partial charge in [0, 0.05) is 25.4 Å². The van der Waals surface area contributed by atoms with Crippen molar-refractivity contribution >= 4 is 5.91 Å². The van der Waals surface area contributed by atoms with Gasteiger partial charge in [-0.15, -0.1) is 0 Å². The van der Waals surface area contributed by atoms with Gasteiger partial charge in [-0.05, 0) is 26.8 Å². The molecule has 0 aliphatic carbocycles. The predicted molar refractivity (Wildman–Crippen MR) is 71.0 cm³/mol. The van der Waals surface area contributed by atoms with E-state index in [0.29, 0.717) is 24.6 Å². The highest BCUT2D eigenvalue weighted by molar-refractivity contribution is 5.76. The molecule has 1 aromatic rings. The highest BCUT2D eigenvalue weighted by Gasteiger charge is 2.44. The Morgan fingerprint density at radius 2 is 2.18 bits per heavy atom. The Morgan fingerprint density at radius 1 is 1.45 bits per heavy atom. The van der Waals surface area contributed by atoms with Crippen molar-refractivity contribution in [2.75, 3.05) is 13.6 Å². The van der Waals surface area contributed by atoms with Crippen molar-refractivity contribution in [2.24, 2.45) is 0 Å². The lowest BCUT2D eigenvalue weighted by atomic mass is 9.98. The number of aryl methyl sites for hydroxylation is 2. The van der Waals surface area contributed by atoms with E-state index in [2.05, 4.69) is 15.5 Å². The highest BCUT2D eigenvalue weighted by Crippen LogP contribution is 2.30. The van der Waals surface area contributed by atoms with Crippen molar-refractivity contribution in [2.45, 2.75) is 50.9 Å². The lowest BCUT2D eigenvalue weighted by Gasteiger charge is -2.38. The van der Waals surface area contributed by atoms with E-state index in [1.807, 2.05) is 0 Å². The molecule has 1 fully saturated rings. The summed E-state index contributed by atoms with van der Waals surface area (Å²) in [7, 11) is 1.43. The number of nitrogens with one attached hydrogen (secondary N) is 1. The fourth-order valence-corrected chi connectivity index (χ4v) is 2.64. The minimum atomic E-state index is -4.22. The molecule has 22 heavy (non-hydrogen) atoms. The Morgan fingerprint density at radius 3 is 2.73 bits per heavy atom. The Bertz CT molecular complexity index is 518. The van der Waals surface area contributed by atoms with Crippen LogP contribution in [0, 0.1) is 6.92 Å². The molecule has 1 N–H and O–H groups in total. The van der Waals surface area contributed by atoms with Crippen LogP contribution in [-0.4, -0.2) is 52.8 Å². The third-order valence-electron chi connectivity index (χ3n) is 3.71. The molecule has 1 aliphatic rings. The molecule has 1 aliphatic heterocycles. The number of carbonyl (C=O) groups is 1. The Balaban J connectivity index is 1.76. The molecule has 1 saturated heterocycles. The van der Waals surface area contributed by atoms with Gasteiger partial charge in [-0.25, -0.2) is 0 Å². The fraction of sp³-hybridized carbons (Fsp3) is 0.769. The number of carbonyl (C=O) groups excluding carboxylic acids is 1. The Hall–Kier alpha value is -1.64. The van der Waals surface area contributed by atoms with E-state index in [4.69, 9.17) is 4.52 Å². The smallest absolute Gasteiger partial charge is 0.352 e. The van der Waals surface area contributed by atoms with E-state index in [9.17, 15) is 18.0 Å². The first-order valence-corrected chi connectivity index (χ1v) is 7.11. The summed E-state index contributed by atoms with van der Waals surface area (Å²) < 4.78 is 43.1. The Labute approximate surface area is 126 Å². The van der Waals surface area contributed by atoms with E-state index in [1.54, 1.807) is 6.92 Å². The topological polar surface area (TPSA) is 71.3 Å². The molecule has 6 nitrogen and oxygen atoms in total. The minimum Gasteiger partial charge on any atom is -0.352 e. The zero-order valence-corrected chi connectivity index (χ0v) is 12.5. The van der Waals surface area contributed by atoms with Gasteiger partial charge < -0.3 is 9.84 Å². The first-order valence-electron chi connectivity index (χ1n) is 7.11. The highest BCUT2D eigenvalue weighted by atomic mass is 19.4. The van der Waals surface area contributed by atoms with Crippen LogP contribution in [0.2, 0.25) is 0 Å². The quantitative estimate of drug-likeness (QED) is 0.909. The van der Waals surface area contributed by atoms with Crippen molar-refractivity contribution in [3.63, 3.8) is 0 Å². The van der Waals surface area contributed by atoms with Crippen molar-refractivity contribution in [3.8, 4) is 0 Å². The van der Waals surface area contributed by atoms with Crippen LogP contribution < -0.4 is 5.32 Å². The summed E-state index contributed by atoms with van der Waals surface area (Å²) in [4.78, 5) is 17.1. The largest absolute Gasteiger partial charge is 0.404 e. The van der Waals surface area contributed by atoms with Crippen molar-refractivity contribution in [1.29, 1.82) is 0 Å². The zero-order chi connectivity index (χ0) is 16.3. The number of rotatable bonds is 4. The number of amides is 1. The summed E-state index contributed by atoms with van der Waals surface area (Å²) in [5, 5.41) is 6.38. The monoisotopic (exact) mass is 320 g/mol. The molecule has 2 rings (SSSR count). The van der Waals surface area contributed by atoms with Crippen molar-refractivity contribution in [1.82, 2.24) is 20.4 Å². The molecule has 0 saturated carbocycles. The van der Waals surface area contributed by atoms with Gasteiger partial charge in [-0.2, -0.15) is 18.2 Å². The van der Waals surface area contributed by atoms with E-state index in [1.165, 1.54) is 11.9 Å². The number of hydrogen-bond acceptors (Lipinski definition) is 5. The molecule has 0 unspecified atom stereocenters. The summed E-state index contributed by atoms with van der Waals surface area (Å²) in [6.45, 7) is 1.87. The van der Waals surface area contributed by atoms with Crippen LogP contribution in [0.4, 0.5) is 13.2 Å². The molecular formula is C13H19F3N4O2. The molecular weight excluding hydrogens is 301 g/mol. The molecule has 9 heteroatoms. The zero-order valence-electron chi connectivity index (χ0n) is 12.5. The van der Waals surface area contributed by atoms with Gasteiger partial charge in [-0.1, -0.05) is 5.16 Å². The van der Waals surface area contributed by atoms with Gasteiger partial charge in [0.1, 0.15) is 6.04 Å². The summed E-state index contributed by atoms with van der Waals surface area (Å²) in [6.07, 6.45) is -3.42. The van der Waals surface area contributed by atoms with Gasteiger partial charge in [0.2, 0.25) is 11.8 Å². The number of halogens is 3. The molecule has 0 aromatic carbocycles. The van der Waals surface area contributed by atoms with Crippen LogP contribution in [0.1, 0.15) is 31.0 Å². The van der Waals surface area contributed by atoms with Crippen LogP contribution in [0.15, 0.2) is 4.52 Å². The maximum Gasteiger partial charge on any atom is 0.404 e. The molecule has 1 aromatic heterocycles. The second-order valence-corrected chi connectivity index (χ2v) is 5.57. The Kier molecular flexibility index (Phi) is 5.05. The van der Waals surface area contributed by atoms with E-state index >= 15 is 0 Å². The number of nitrogens with zero attached hydrogens (tertiary/aromatic N) is 3. The van der Waals surface area contributed by atoms with Gasteiger partial charge in [0.05, 0.1) is 0 Å². The third-order valence-corrected chi connectivity index (χ3v) is 3.71. The van der Waals surface area contributed by atoms with Gasteiger partial charge >= 0.3 is 6.18 Å². The maximum atomic E-state index is 12.7. The summed E-state index contributed by atoms with van der Waals surface area (Å²) in [5.41, 5.74) is 0. The molecule has 124 valence electrons. The number of likely N-dealkylation sites (tertiary alicyclic amines) is 1. The van der Waals surface area contributed by atoms with Crippen molar-refractivity contribution in [3.05, 3.63) is 11.7 Å². The average molecular weight is 320 g/mol. The van der Waals surface area contributed by atoms with Crippen LogP contribution in [0.3, 0.4) is 0 Å². The molecule has 0 bridgehead atoms. The van der Waals surface area contributed by atoms with Gasteiger partial charge in [-0.3, -0.25) is 9.69 Å². The maximum absolute atomic E-state index is 12.7. The first-order chi connectivity index (χ1) is 10.3. The number of likely N-dealkylation sites (N-methyl/N-ethyl adjacent to an activating group) is 1. The lowest BCUT2D eigenvalue weighted by molar-refractivity contribution is -0.188. The van der Waals surface area contributed by atoms with E-state index in [-0.39, 0.29) is 31.3 Å². The fourth-order valence-electron chi connectivity index (χ4n) is 2.64. The van der Waals surface area contributed by atoms with Crippen molar-refractivity contribution < 1.29 is 22.5 Å². The predicted octanol–water partition coefficient (Wildman–Crippen LogP) is 1.45. The molecule has 0 radical (unpaired) electrons. The molecule has 2 atom stereocenters. The van der Waals surface area contributed by atoms with Crippen LogP contribution >= 0.6 is 0 Å². The first kappa shape index (κ1) is 16.7. The number of hydrogen-bond donors (Lipinski definition) is 1. The standard InChI is InChI=1S/C13H19F3N4O2/c1-8-17-12(22-19-8)6-5-11(21)18-9-3-4-10(13(14,15)16)20(2)7-9/h9-10H,3-7H2,1-2H3,(H,18,21)/t9-,10-/m0/s1. The molecule has 0 spiro atoms. The summed E-state index contributed by atoms with van der Waals surface area (Å²) in [5.74, 6) is 0.660. The number of aromatic nitrogens is 2. The second kappa shape index (κ2) is 6.64. The average Bonchev–Trinajstić information content (AvgIpc) is 2.81. The second-order valence-electron chi connectivity index (χ2n) is 5.57. The SMILES string of the molecule is Cc1noc(CCC(=O)N[C@H]2CC[C@@H](C(F)(F)F)N(C)C2)n1. The van der Waals surface area contributed by atoms with Gasteiger partial charge in [0.25, 0.3) is 0 Å². The third kappa shape index (κ3) is 4.43. The van der Waals surface area contributed by atoms with Crippen LogP contribution in [0.25, 0.3) is 0 Å². The number of alkyl halides is 3. The van der Waals surface area contributed by atoms with E-state index in [0.717, 1.165) is 0 Å². The molecule has 1 amide bonds. The van der Waals surface area contributed by atoms with Crippen LogP contribution in [0.5, 0.6) is 0 Å². The summed E-state index contributed by atoms with van der Waals surface area (Å²) >= 11 is 0.